The van der Waals surface area contributed by atoms with Crippen molar-refractivity contribution in [3.63, 3.8) is 0 Å². The van der Waals surface area contributed by atoms with Crippen LogP contribution in [0.15, 0.2) is 23.4 Å². The fourth-order valence-electron chi connectivity index (χ4n) is 1.82. The van der Waals surface area contributed by atoms with Gasteiger partial charge in [-0.25, -0.2) is 4.98 Å². The second kappa shape index (κ2) is 7.81. The molecule has 0 bridgehead atoms. The lowest BCUT2D eigenvalue weighted by Gasteiger charge is -2.15. The molecule has 0 aliphatic carbocycles. The van der Waals surface area contributed by atoms with Crippen LogP contribution in [0.5, 0.6) is 0 Å². The topological polar surface area (TPSA) is 91.0 Å². The van der Waals surface area contributed by atoms with Gasteiger partial charge in [0.15, 0.2) is 5.16 Å². The predicted molar refractivity (Wildman–Crippen MR) is 90.7 cm³/mol. The maximum absolute atomic E-state index is 12.1. The highest BCUT2D eigenvalue weighted by molar-refractivity contribution is 8.00. The minimum absolute atomic E-state index is 0.104. The van der Waals surface area contributed by atoms with Gasteiger partial charge in [0.25, 0.3) is 0 Å². The van der Waals surface area contributed by atoms with Gasteiger partial charge in [-0.05, 0) is 23.8 Å². The number of nitrogens with two attached hydrogens (primary N) is 1. The molecular formula is C14H14Cl2N4O2S. The molecule has 2 aromatic rings. The molecular weight excluding hydrogens is 359 g/mol. The van der Waals surface area contributed by atoms with E-state index in [0.717, 1.165) is 11.8 Å². The molecule has 23 heavy (non-hydrogen) atoms. The summed E-state index contributed by atoms with van der Waals surface area (Å²) in [4.78, 5) is 24.5. The van der Waals surface area contributed by atoms with Crippen molar-refractivity contribution in [1.29, 1.82) is 0 Å². The Labute approximate surface area is 147 Å². The van der Waals surface area contributed by atoms with Crippen LogP contribution in [0, 0.1) is 0 Å². The van der Waals surface area contributed by atoms with Crippen LogP contribution in [0.25, 0.3) is 0 Å². The van der Waals surface area contributed by atoms with Gasteiger partial charge in [-0.3, -0.25) is 4.79 Å². The average Bonchev–Trinajstić information content (AvgIpc) is 2.50. The quantitative estimate of drug-likeness (QED) is 0.635. The van der Waals surface area contributed by atoms with E-state index in [1.54, 1.807) is 18.2 Å². The fraction of sp³-hybridized carbons (Fsp3) is 0.286. The van der Waals surface area contributed by atoms with Crippen LogP contribution >= 0.6 is 35.0 Å². The average molecular weight is 373 g/mol. The molecule has 9 heteroatoms. The molecule has 0 aliphatic heterocycles. The molecule has 1 atom stereocenters. The van der Waals surface area contributed by atoms with E-state index >= 15 is 0 Å². The monoisotopic (exact) mass is 372 g/mol. The first-order chi connectivity index (χ1) is 10.9. The molecule has 0 amide bonds. The number of halogens is 2. The van der Waals surface area contributed by atoms with Gasteiger partial charge in [0.2, 0.25) is 5.95 Å². The van der Waals surface area contributed by atoms with E-state index in [9.17, 15) is 4.79 Å². The molecule has 1 unspecified atom stereocenters. The summed E-state index contributed by atoms with van der Waals surface area (Å²) in [5, 5.41) is 0.460. The standard InChI is InChI=1S/C14H14Cl2N4O2S/c1-3-10-18-13(17)20-14(19-10)23-11(12(21)22-2)7-4-8(15)6-9(16)5-7/h4-6,11H,3H2,1-2H3,(H2,17,18,19,20). The molecule has 0 fully saturated rings. The van der Waals surface area contributed by atoms with E-state index in [0.29, 0.717) is 33.0 Å². The number of carbonyl (C=O) groups is 1. The summed E-state index contributed by atoms with van der Waals surface area (Å²) in [6, 6.07) is 4.88. The highest BCUT2D eigenvalue weighted by Crippen LogP contribution is 2.37. The zero-order valence-corrected chi connectivity index (χ0v) is 14.7. The SMILES string of the molecule is CCc1nc(N)nc(SC(C(=O)OC)c2cc(Cl)cc(Cl)c2)n1. The Morgan fingerprint density at radius 1 is 1.26 bits per heavy atom. The van der Waals surface area contributed by atoms with E-state index in [2.05, 4.69) is 15.0 Å². The predicted octanol–water partition coefficient (Wildman–Crippen LogP) is 3.33. The van der Waals surface area contributed by atoms with Crippen molar-refractivity contribution in [1.82, 2.24) is 15.0 Å². The molecule has 1 heterocycles. The Balaban J connectivity index is 2.40. The molecule has 2 N–H and O–H groups in total. The second-order valence-corrected chi connectivity index (χ2v) is 6.41. The second-order valence-electron chi connectivity index (χ2n) is 4.47. The van der Waals surface area contributed by atoms with Crippen molar-refractivity contribution in [2.24, 2.45) is 0 Å². The van der Waals surface area contributed by atoms with E-state index in [1.165, 1.54) is 7.11 Å². The van der Waals surface area contributed by atoms with Crippen molar-refractivity contribution < 1.29 is 9.53 Å². The smallest absolute Gasteiger partial charge is 0.323 e. The zero-order valence-electron chi connectivity index (χ0n) is 12.4. The van der Waals surface area contributed by atoms with Gasteiger partial charge in [-0.15, -0.1) is 0 Å². The van der Waals surface area contributed by atoms with Gasteiger partial charge in [-0.2, -0.15) is 9.97 Å². The lowest BCUT2D eigenvalue weighted by atomic mass is 10.1. The van der Waals surface area contributed by atoms with Crippen molar-refractivity contribution in [2.75, 3.05) is 12.8 Å². The summed E-state index contributed by atoms with van der Waals surface area (Å²) in [6.45, 7) is 1.90. The fourth-order valence-corrected chi connectivity index (χ4v) is 3.34. The number of benzene rings is 1. The Hall–Kier alpha value is -1.57. The first-order valence-corrected chi connectivity index (χ1v) is 8.27. The number of esters is 1. The van der Waals surface area contributed by atoms with E-state index in [1.807, 2.05) is 6.92 Å². The highest BCUT2D eigenvalue weighted by atomic mass is 35.5. The molecule has 0 saturated carbocycles. The van der Waals surface area contributed by atoms with E-state index < -0.39 is 11.2 Å². The molecule has 122 valence electrons. The number of thioether (sulfide) groups is 1. The third-order valence-electron chi connectivity index (χ3n) is 2.82. The van der Waals surface area contributed by atoms with Crippen LogP contribution in [-0.2, 0) is 16.0 Å². The van der Waals surface area contributed by atoms with Crippen LogP contribution in [0.4, 0.5) is 5.95 Å². The first-order valence-electron chi connectivity index (χ1n) is 6.63. The van der Waals surface area contributed by atoms with Crippen LogP contribution in [0.2, 0.25) is 10.0 Å². The number of nitrogens with zero attached hydrogens (tertiary/aromatic N) is 3. The minimum atomic E-state index is -0.720. The maximum Gasteiger partial charge on any atom is 0.323 e. The molecule has 6 nitrogen and oxygen atoms in total. The lowest BCUT2D eigenvalue weighted by molar-refractivity contribution is -0.140. The number of ether oxygens (including phenoxy) is 1. The van der Waals surface area contributed by atoms with Crippen molar-refractivity contribution in [2.45, 2.75) is 23.8 Å². The normalized spacial score (nSPS) is 12.0. The number of aryl methyl sites for hydroxylation is 1. The first kappa shape index (κ1) is 17.8. The molecule has 0 radical (unpaired) electrons. The van der Waals surface area contributed by atoms with Gasteiger partial charge in [0, 0.05) is 16.5 Å². The number of hydrogen-bond acceptors (Lipinski definition) is 7. The third-order valence-corrected chi connectivity index (χ3v) is 4.35. The summed E-state index contributed by atoms with van der Waals surface area (Å²) in [7, 11) is 1.31. The molecule has 2 rings (SSSR count). The van der Waals surface area contributed by atoms with Crippen molar-refractivity contribution in [3.05, 3.63) is 39.6 Å². The zero-order chi connectivity index (χ0) is 17.0. The van der Waals surface area contributed by atoms with E-state index in [4.69, 9.17) is 33.7 Å². The Morgan fingerprint density at radius 3 is 2.48 bits per heavy atom. The molecule has 1 aromatic carbocycles. The van der Waals surface area contributed by atoms with Crippen LogP contribution in [-0.4, -0.2) is 28.0 Å². The Morgan fingerprint density at radius 2 is 1.91 bits per heavy atom. The molecule has 0 saturated heterocycles. The summed E-state index contributed by atoms with van der Waals surface area (Å²) >= 11 is 13.1. The summed E-state index contributed by atoms with van der Waals surface area (Å²) < 4.78 is 4.86. The Kier molecular flexibility index (Phi) is 6.04. The number of nitrogen functional groups attached to an aromatic ring is 1. The summed E-state index contributed by atoms with van der Waals surface area (Å²) in [5.41, 5.74) is 6.27. The highest BCUT2D eigenvalue weighted by Gasteiger charge is 2.25. The lowest BCUT2D eigenvalue weighted by Crippen LogP contribution is -2.13. The summed E-state index contributed by atoms with van der Waals surface area (Å²) in [5.74, 6) is 0.185. The van der Waals surface area contributed by atoms with Gasteiger partial charge in [0.1, 0.15) is 11.1 Å². The van der Waals surface area contributed by atoms with Crippen molar-refractivity contribution >= 4 is 46.9 Å². The molecule has 0 spiro atoms. The number of hydrogen-bond donors (Lipinski definition) is 1. The van der Waals surface area contributed by atoms with Crippen LogP contribution in [0.1, 0.15) is 23.6 Å². The minimum Gasteiger partial charge on any atom is -0.468 e. The number of rotatable bonds is 5. The van der Waals surface area contributed by atoms with Crippen molar-refractivity contribution in [3.8, 4) is 0 Å². The van der Waals surface area contributed by atoms with Gasteiger partial charge in [0.05, 0.1) is 7.11 Å². The maximum atomic E-state index is 12.1. The van der Waals surface area contributed by atoms with Gasteiger partial charge in [-0.1, -0.05) is 41.9 Å². The number of carbonyl (C=O) groups excluding carboxylic acids is 1. The van der Waals surface area contributed by atoms with Gasteiger partial charge < -0.3 is 10.5 Å². The molecule has 0 aliphatic rings. The Bertz CT molecular complexity index is 710. The third kappa shape index (κ3) is 4.70. The number of methoxy groups -OCH3 is 1. The van der Waals surface area contributed by atoms with E-state index in [-0.39, 0.29) is 5.95 Å². The number of anilines is 1. The molecule has 1 aromatic heterocycles. The largest absolute Gasteiger partial charge is 0.468 e. The van der Waals surface area contributed by atoms with Crippen LogP contribution < -0.4 is 5.73 Å². The van der Waals surface area contributed by atoms with Gasteiger partial charge >= 0.3 is 5.97 Å². The number of aromatic nitrogens is 3. The summed E-state index contributed by atoms with van der Waals surface area (Å²) in [6.07, 6.45) is 0.603. The van der Waals surface area contributed by atoms with Crippen LogP contribution in [0.3, 0.4) is 0 Å².